The third kappa shape index (κ3) is 5.31. The second-order valence-corrected chi connectivity index (χ2v) is 3.60. The van der Waals surface area contributed by atoms with Crippen molar-refractivity contribution in [3.05, 3.63) is 24.3 Å². The summed E-state index contributed by atoms with van der Waals surface area (Å²) < 4.78 is 5.05. The smallest absolute Gasteiger partial charge is 0.250 e. The third-order valence-electron chi connectivity index (χ3n) is 2.03. The fourth-order valence-electron chi connectivity index (χ4n) is 1.23. The van der Waals surface area contributed by atoms with Crippen LogP contribution in [0.3, 0.4) is 0 Å². The Bertz CT molecular complexity index is 420. The molecule has 98 valence electrons. The SMILES string of the molecule is CC(=O)NCCOCC(=O)Nc1ccccc1O. The normalized spacial score (nSPS) is 9.83. The lowest BCUT2D eigenvalue weighted by Crippen LogP contribution is -2.26. The molecule has 0 aliphatic heterocycles. The van der Waals surface area contributed by atoms with Gasteiger partial charge in [0.1, 0.15) is 12.4 Å². The molecule has 0 heterocycles. The Kier molecular flexibility index (Phi) is 5.66. The maximum absolute atomic E-state index is 11.4. The summed E-state index contributed by atoms with van der Waals surface area (Å²) in [4.78, 5) is 22.0. The minimum Gasteiger partial charge on any atom is -0.506 e. The average molecular weight is 252 g/mol. The van der Waals surface area contributed by atoms with Crippen LogP contribution in [0.2, 0.25) is 0 Å². The number of carbonyl (C=O) groups excluding carboxylic acids is 2. The van der Waals surface area contributed by atoms with E-state index in [4.69, 9.17) is 4.74 Å². The fourth-order valence-corrected chi connectivity index (χ4v) is 1.23. The number of hydrogen-bond donors (Lipinski definition) is 3. The molecule has 18 heavy (non-hydrogen) atoms. The van der Waals surface area contributed by atoms with Gasteiger partial charge in [0.2, 0.25) is 11.8 Å². The van der Waals surface area contributed by atoms with Crippen LogP contribution < -0.4 is 10.6 Å². The summed E-state index contributed by atoms with van der Waals surface area (Å²) in [6.45, 7) is 1.89. The van der Waals surface area contributed by atoms with E-state index in [0.29, 0.717) is 12.2 Å². The number of rotatable bonds is 6. The summed E-state index contributed by atoms with van der Waals surface area (Å²) in [5.41, 5.74) is 0.341. The minimum atomic E-state index is -0.362. The second-order valence-electron chi connectivity index (χ2n) is 3.60. The Hall–Kier alpha value is -2.08. The summed E-state index contributed by atoms with van der Waals surface area (Å²) in [5, 5.41) is 14.5. The Morgan fingerprint density at radius 2 is 2.06 bits per heavy atom. The van der Waals surface area contributed by atoms with Crippen LogP contribution in [0, 0.1) is 0 Å². The summed E-state index contributed by atoms with van der Waals surface area (Å²) in [5.74, 6) is -0.499. The molecule has 6 nitrogen and oxygen atoms in total. The molecule has 0 saturated carbocycles. The molecule has 0 radical (unpaired) electrons. The molecular weight excluding hydrogens is 236 g/mol. The molecule has 3 N–H and O–H groups in total. The molecular formula is C12H16N2O4. The molecule has 0 fully saturated rings. The van der Waals surface area contributed by atoms with E-state index in [1.54, 1.807) is 18.2 Å². The lowest BCUT2D eigenvalue weighted by atomic mass is 10.3. The van der Waals surface area contributed by atoms with Crippen LogP contribution in [-0.4, -0.2) is 36.7 Å². The Labute approximate surface area is 105 Å². The quantitative estimate of drug-likeness (QED) is 0.507. The number of phenols is 1. The highest BCUT2D eigenvalue weighted by atomic mass is 16.5. The standard InChI is InChI=1S/C12H16N2O4/c1-9(15)13-6-7-18-8-12(17)14-10-4-2-3-5-11(10)16/h2-5,16H,6-8H2,1H3,(H,13,15)(H,14,17). The van der Waals surface area contributed by atoms with Gasteiger partial charge < -0.3 is 20.5 Å². The van der Waals surface area contributed by atoms with E-state index >= 15 is 0 Å². The molecule has 0 spiro atoms. The van der Waals surface area contributed by atoms with Gasteiger partial charge in [0.05, 0.1) is 12.3 Å². The van der Waals surface area contributed by atoms with Crippen LogP contribution in [0.4, 0.5) is 5.69 Å². The van der Waals surface area contributed by atoms with Crippen molar-refractivity contribution in [3.8, 4) is 5.75 Å². The lowest BCUT2D eigenvalue weighted by Gasteiger charge is -2.07. The predicted molar refractivity (Wildman–Crippen MR) is 66.2 cm³/mol. The van der Waals surface area contributed by atoms with E-state index in [1.165, 1.54) is 13.0 Å². The first-order valence-corrected chi connectivity index (χ1v) is 5.49. The molecule has 0 bridgehead atoms. The topological polar surface area (TPSA) is 87.7 Å². The van der Waals surface area contributed by atoms with Crippen molar-refractivity contribution in [1.29, 1.82) is 0 Å². The zero-order valence-electron chi connectivity index (χ0n) is 10.1. The minimum absolute atomic E-state index is 0.00379. The van der Waals surface area contributed by atoms with E-state index in [0.717, 1.165) is 0 Å². The lowest BCUT2D eigenvalue weighted by molar-refractivity contribution is -0.120. The molecule has 0 aliphatic carbocycles. The van der Waals surface area contributed by atoms with Gasteiger partial charge in [-0.3, -0.25) is 9.59 Å². The molecule has 0 unspecified atom stereocenters. The highest BCUT2D eigenvalue weighted by molar-refractivity contribution is 5.93. The van der Waals surface area contributed by atoms with Crippen LogP contribution in [0.15, 0.2) is 24.3 Å². The van der Waals surface area contributed by atoms with Gasteiger partial charge in [0, 0.05) is 13.5 Å². The molecule has 0 aliphatic rings. The Balaban J connectivity index is 2.22. The van der Waals surface area contributed by atoms with Crippen molar-refractivity contribution < 1.29 is 19.4 Å². The van der Waals surface area contributed by atoms with Crippen molar-refractivity contribution in [3.63, 3.8) is 0 Å². The number of ether oxygens (including phenoxy) is 1. The summed E-state index contributed by atoms with van der Waals surface area (Å²) in [6, 6.07) is 6.43. The molecule has 1 rings (SSSR count). The number of aromatic hydroxyl groups is 1. The first kappa shape index (κ1) is 14.0. The van der Waals surface area contributed by atoms with Gasteiger partial charge in [-0.1, -0.05) is 12.1 Å². The molecule has 0 aromatic heterocycles. The largest absolute Gasteiger partial charge is 0.506 e. The van der Waals surface area contributed by atoms with Gasteiger partial charge in [-0.2, -0.15) is 0 Å². The molecule has 1 aromatic carbocycles. The fraction of sp³-hybridized carbons (Fsp3) is 0.333. The van der Waals surface area contributed by atoms with Crippen LogP contribution >= 0.6 is 0 Å². The number of amides is 2. The van der Waals surface area contributed by atoms with Gasteiger partial charge in [0.25, 0.3) is 0 Å². The monoisotopic (exact) mass is 252 g/mol. The number of nitrogens with one attached hydrogen (secondary N) is 2. The Morgan fingerprint density at radius 3 is 2.72 bits per heavy atom. The highest BCUT2D eigenvalue weighted by Crippen LogP contribution is 2.21. The van der Waals surface area contributed by atoms with Crippen molar-refractivity contribution in [2.45, 2.75) is 6.92 Å². The summed E-state index contributed by atoms with van der Waals surface area (Å²) >= 11 is 0. The maximum atomic E-state index is 11.4. The van der Waals surface area contributed by atoms with Gasteiger partial charge in [-0.05, 0) is 12.1 Å². The number of para-hydroxylation sites is 2. The third-order valence-corrected chi connectivity index (χ3v) is 2.03. The molecule has 0 atom stereocenters. The number of phenolic OH excluding ortho intramolecular Hbond substituents is 1. The van der Waals surface area contributed by atoms with Crippen LogP contribution in [-0.2, 0) is 14.3 Å². The van der Waals surface area contributed by atoms with E-state index in [2.05, 4.69) is 10.6 Å². The Morgan fingerprint density at radius 1 is 1.33 bits per heavy atom. The number of hydrogen-bond acceptors (Lipinski definition) is 4. The van der Waals surface area contributed by atoms with Crippen molar-refractivity contribution in [2.24, 2.45) is 0 Å². The van der Waals surface area contributed by atoms with Gasteiger partial charge >= 0.3 is 0 Å². The van der Waals surface area contributed by atoms with E-state index in [1.807, 2.05) is 0 Å². The number of anilines is 1. The second kappa shape index (κ2) is 7.29. The van der Waals surface area contributed by atoms with Gasteiger partial charge in [-0.15, -0.1) is 0 Å². The molecule has 2 amide bonds. The van der Waals surface area contributed by atoms with Gasteiger partial charge in [0.15, 0.2) is 0 Å². The number of carbonyl (C=O) groups is 2. The number of benzene rings is 1. The molecule has 6 heteroatoms. The van der Waals surface area contributed by atoms with Crippen molar-refractivity contribution in [1.82, 2.24) is 5.32 Å². The summed E-state index contributed by atoms with van der Waals surface area (Å²) in [7, 11) is 0. The average Bonchev–Trinajstić information content (AvgIpc) is 2.31. The first-order valence-electron chi connectivity index (χ1n) is 5.49. The van der Waals surface area contributed by atoms with E-state index in [9.17, 15) is 14.7 Å². The van der Waals surface area contributed by atoms with Crippen LogP contribution in [0.1, 0.15) is 6.92 Å². The zero-order chi connectivity index (χ0) is 13.4. The van der Waals surface area contributed by atoms with Gasteiger partial charge in [-0.25, -0.2) is 0 Å². The van der Waals surface area contributed by atoms with E-state index in [-0.39, 0.29) is 30.8 Å². The highest BCUT2D eigenvalue weighted by Gasteiger charge is 2.05. The van der Waals surface area contributed by atoms with Crippen molar-refractivity contribution >= 4 is 17.5 Å². The zero-order valence-corrected chi connectivity index (χ0v) is 10.1. The van der Waals surface area contributed by atoms with Crippen LogP contribution in [0.25, 0.3) is 0 Å². The predicted octanol–water partition coefficient (Wildman–Crippen LogP) is 0.483. The molecule has 0 saturated heterocycles. The van der Waals surface area contributed by atoms with Crippen molar-refractivity contribution in [2.75, 3.05) is 25.1 Å². The maximum Gasteiger partial charge on any atom is 0.250 e. The first-order chi connectivity index (χ1) is 8.59. The summed E-state index contributed by atoms with van der Waals surface area (Å²) in [6.07, 6.45) is 0. The van der Waals surface area contributed by atoms with E-state index < -0.39 is 0 Å². The van der Waals surface area contributed by atoms with Crippen LogP contribution in [0.5, 0.6) is 5.75 Å². The molecule has 1 aromatic rings.